The average molecular weight is 299 g/mol. The van der Waals surface area contributed by atoms with Crippen molar-refractivity contribution in [2.45, 2.75) is 39.8 Å². The predicted octanol–water partition coefficient (Wildman–Crippen LogP) is 3.73. The maximum atomic E-state index is 5.95. The molecule has 2 aromatic heterocycles. The SMILES string of the molecule is CCc1cc(CC)n(Cc2c(CN)sc3ccccc23)n1. The summed E-state index contributed by atoms with van der Waals surface area (Å²) in [7, 11) is 0. The molecule has 21 heavy (non-hydrogen) atoms. The highest BCUT2D eigenvalue weighted by molar-refractivity contribution is 7.19. The first kappa shape index (κ1) is 14.3. The van der Waals surface area contributed by atoms with Gasteiger partial charge in [-0.1, -0.05) is 32.0 Å². The third kappa shape index (κ3) is 2.61. The highest BCUT2D eigenvalue weighted by atomic mass is 32.1. The molecular formula is C17H21N3S. The van der Waals surface area contributed by atoms with Gasteiger partial charge in [0.25, 0.3) is 0 Å². The summed E-state index contributed by atoms with van der Waals surface area (Å²) in [5.74, 6) is 0. The van der Waals surface area contributed by atoms with Crippen LogP contribution in [0.15, 0.2) is 30.3 Å². The number of rotatable bonds is 5. The van der Waals surface area contributed by atoms with Crippen LogP contribution in [0.1, 0.15) is 35.7 Å². The van der Waals surface area contributed by atoms with Crippen LogP contribution in [-0.4, -0.2) is 9.78 Å². The predicted molar refractivity (Wildman–Crippen MR) is 89.8 cm³/mol. The Labute approximate surface area is 129 Å². The Bertz CT molecular complexity index is 755. The summed E-state index contributed by atoms with van der Waals surface area (Å²) < 4.78 is 3.46. The molecule has 0 saturated carbocycles. The van der Waals surface area contributed by atoms with Crippen LogP contribution in [-0.2, 0) is 25.9 Å². The Morgan fingerprint density at radius 1 is 1.19 bits per heavy atom. The highest BCUT2D eigenvalue weighted by Gasteiger charge is 2.13. The Kier molecular flexibility index (Phi) is 4.08. The monoisotopic (exact) mass is 299 g/mol. The van der Waals surface area contributed by atoms with Crippen molar-refractivity contribution in [2.75, 3.05) is 0 Å². The molecule has 0 bridgehead atoms. The molecular weight excluding hydrogens is 278 g/mol. The lowest BCUT2D eigenvalue weighted by Crippen LogP contribution is -2.08. The fraction of sp³-hybridized carbons (Fsp3) is 0.353. The number of nitrogens with two attached hydrogens (primary N) is 1. The zero-order valence-electron chi connectivity index (χ0n) is 12.6. The van der Waals surface area contributed by atoms with E-state index in [2.05, 4.69) is 48.9 Å². The summed E-state index contributed by atoms with van der Waals surface area (Å²) in [6, 6.07) is 10.8. The number of aryl methyl sites for hydroxylation is 2. The molecule has 0 saturated heterocycles. The molecule has 0 aliphatic carbocycles. The van der Waals surface area contributed by atoms with Crippen LogP contribution < -0.4 is 5.73 Å². The molecule has 0 aliphatic heterocycles. The third-order valence-corrected chi connectivity index (χ3v) is 5.15. The van der Waals surface area contributed by atoms with Gasteiger partial charge in [0.1, 0.15) is 0 Å². The van der Waals surface area contributed by atoms with Crippen molar-refractivity contribution >= 4 is 21.4 Å². The first-order valence-corrected chi connectivity index (χ1v) is 8.33. The minimum absolute atomic E-state index is 0.595. The van der Waals surface area contributed by atoms with E-state index in [9.17, 15) is 0 Å². The van der Waals surface area contributed by atoms with E-state index in [0.717, 1.165) is 19.4 Å². The van der Waals surface area contributed by atoms with Gasteiger partial charge in [-0.05, 0) is 35.9 Å². The number of fused-ring (bicyclic) bond motifs is 1. The van der Waals surface area contributed by atoms with Gasteiger partial charge in [0.15, 0.2) is 0 Å². The number of hydrogen-bond donors (Lipinski definition) is 1. The second-order valence-corrected chi connectivity index (χ2v) is 6.33. The lowest BCUT2D eigenvalue weighted by molar-refractivity contribution is 0.641. The summed E-state index contributed by atoms with van der Waals surface area (Å²) in [5, 5.41) is 6.06. The van der Waals surface area contributed by atoms with Crippen molar-refractivity contribution in [1.82, 2.24) is 9.78 Å². The van der Waals surface area contributed by atoms with Gasteiger partial charge < -0.3 is 5.73 Å². The second kappa shape index (κ2) is 6.00. The van der Waals surface area contributed by atoms with Gasteiger partial charge in [0.2, 0.25) is 0 Å². The molecule has 3 rings (SSSR count). The lowest BCUT2D eigenvalue weighted by Gasteiger charge is -2.07. The van der Waals surface area contributed by atoms with E-state index in [4.69, 9.17) is 10.8 Å². The van der Waals surface area contributed by atoms with Gasteiger partial charge >= 0.3 is 0 Å². The van der Waals surface area contributed by atoms with E-state index in [1.807, 2.05) is 0 Å². The smallest absolute Gasteiger partial charge is 0.0680 e. The number of benzene rings is 1. The molecule has 1 aromatic carbocycles. The van der Waals surface area contributed by atoms with E-state index in [1.54, 1.807) is 11.3 Å². The molecule has 3 aromatic rings. The molecule has 4 heteroatoms. The Hall–Kier alpha value is -1.65. The van der Waals surface area contributed by atoms with Crippen LogP contribution >= 0.6 is 11.3 Å². The summed E-state index contributed by atoms with van der Waals surface area (Å²) >= 11 is 1.80. The molecule has 0 atom stereocenters. The molecule has 0 spiro atoms. The first-order valence-electron chi connectivity index (χ1n) is 7.51. The van der Waals surface area contributed by atoms with Gasteiger partial charge in [-0.25, -0.2) is 0 Å². The fourth-order valence-corrected chi connectivity index (χ4v) is 3.84. The van der Waals surface area contributed by atoms with Gasteiger partial charge in [-0.15, -0.1) is 11.3 Å². The largest absolute Gasteiger partial charge is 0.326 e. The van der Waals surface area contributed by atoms with E-state index in [1.165, 1.54) is 31.9 Å². The van der Waals surface area contributed by atoms with E-state index >= 15 is 0 Å². The van der Waals surface area contributed by atoms with E-state index in [-0.39, 0.29) is 0 Å². The van der Waals surface area contributed by atoms with Crippen LogP contribution in [0.4, 0.5) is 0 Å². The Morgan fingerprint density at radius 2 is 2.00 bits per heavy atom. The number of aromatic nitrogens is 2. The Balaban J connectivity index is 2.07. The van der Waals surface area contributed by atoms with Crippen LogP contribution in [0.5, 0.6) is 0 Å². The summed E-state index contributed by atoms with van der Waals surface area (Å²) in [6.07, 6.45) is 1.99. The first-order chi connectivity index (χ1) is 10.3. The maximum Gasteiger partial charge on any atom is 0.0680 e. The summed E-state index contributed by atoms with van der Waals surface area (Å²) in [6.45, 7) is 5.75. The molecule has 2 N–H and O–H groups in total. The molecule has 0 unspecified atom stereocenters. The molecule has 0 aliphatic rings. The Morgan fingerprint density at radius 3 is 2.71 bits per heavy atom. The number of hydrogen-bond acceptors (Lipinski definition) is 3. The topological polar surface area (TPSA) is 43.8 Å². The van der Waals surface area contributed by atoms with Crippen LogP contribution in [0, 0.1) is 0 Å². The van der Waals surface area contributed by atoms with Crippen LogP contribution in [0.2, 0.25) is 0 Å². The van der Waals surface area contributed by atoms with Gasteiger partial charge in [0, 0.05) is 21.8 Å². The third-order valence-electron chi connectivity index (χ3n) is 3.91. The minimum Gasteiger partial charge on any atom is -0.326 e. The molecule has 110 valence electrons. The quantitative estimate of drug-likeness (QED) is 0.780. The van der Waals surface area contributed by atoms with Crippen LogP contribution in [0.25, 0.3) is 10.1 Å². The van der Waals surface area contributed by atoms with Gasteiger partial charge in [0.05, 0.1) is 12.2 Å². The number of thiophene rings is 1. The molecule has 0 radical (unpaired) electrons. The van der Waals surface area contributed by atoms with Gasteiger partial charge in [-0.3, -0.25) is 4.68 Å². The fourth-order valence-electron chi connectivity index (χ4n) is 2.75. The van der Waals surface area contributed by atoms with Crippen molar-refractivity contribution in [3.8, 4) is 0 Å². The molecule has 3 nitrogen and oxygen atoms in total. The lowest BCUT2D eigenvalue weighted by atomic mass is 10.1. The average Bonchev–Trinajstić information content (AvgIpc) is 3.09. The van der Waals surface area contributed by atoms with Crippen molar-refractivity contribution in [1.29, 1.82) is 0 Å². The van der Waals surface area contributed by atoms with Crippen molar-refractivity contribution in [3.05, 3.63) is 52.2 Å². The van der Waals surface area contributed by atoms with E-state index in [0.29, 0.717) is 6.54 Å². The van der Waals surface area contributed by atoms with Gasteiger partial charge in [-0.2, -0.15) is 5.10 Å². The molecule has 2 heterocycles. The van der Waals surface area contributed by atoms with Crippen molar-refractivity contribution < 1.29 is 0 Å². The maximum absolute atomic E-state index is 5.95. The van der Waals surface area contributed by atoms with Crippen molar-refractivity contribution in [2.24, 2.45) is 5.73 Å². The summed E-state index contributed by atoms with van der Waals surface area (Å²) in [5.41, 5.74) is 9.75. The molecule has 0 fully saturated rings. The minimum atomic E-state index is 0.595. The highest BCUT2D eigenvalue weighted by Crippen LogP contribution is 2.31. The zero-order valence-corrected chi connectivity index (χ0v) is 13.4. The molecule has 0 amide bonds. The standard InChI is InChI=1S/C17H21N3S/c1-3-12-9-13(4-2)20(19-12)11-15-14-7-5-6-8-16(14)21-17(15)10-18/h5-9H,3-4,10-11,18H2,1-2H3. The number of nitrogens with zero attached hydrogens (tertiary/aromatic N) is 2. The summed E-state index contributed by atoms with van der Waals surface area (Å²) in [4.78, 5) is 1.27. The van der Waals surface area contributed by atoms with Crippen LogP contribution in [0.3, 0.4) is 0 Å². The van der Waals surface area contributed by atoms with Crippen molar-refractivity contribution in [3.63, 3.8) is 0 Å². The van der Waals surface area contributed by atoms with E-state index < -0.39 is 0 Å². The second-order valence-electron chi connectivity index (χ2n) is 5.20. The normalized spacial score (nSPS) is 11.4. The zero-order chi connectivity index (χ0) is 14.8.